The van der Waals surface area contributed by atoms with Crippen LogP contribution in [0.5, 0.6) is 0 Å². The van der Waals surface area contributed by atoms with Crippen molar-refractivity contribution in [2.75, 3.05) is 11.9 Å². The van der Waals surface area contributed by atoms with Gasteiger partial charge in [-0.3, -0.25) is 4.79 Å². The lowest BCUT2D eigenvalue weighted by Crippen LogP contribution is -2.15. The van der Waals surface area contributed by atoms with E-state index in [1.807, 2.05) is 0 Å². The summed E-state index contributed by atoms with van der Waals surface area (Å²) in [5, 5.41) is 2.73. The van der Waals surface area contributed by atoms with Crippen LogP contribution >= 0.6 is 0 Å². The van der Waals surface area contributed by atoms with Crippen LogP contribution in [0.3, 0.4) is 0 Å². The Morgan fingerprint density at radius 3 is 2.82 bits per heavy atom. The van der Waals surface area contributed by atoms with E-state index in [0.29, 0.717) is 12.1 Å². The van der Waals surface area contributed by atoms with E-state index < -0.39 is 0 Å². The highest BCUT2D eigenvalue weighted by molar-refractivity contribution is 5.90. The summed E-state index contributed by atoms with van der Waals surface area (Å²) >= 11 is 0. The molecule has 0 aliphatic carbocycles. The average Bonchev–Trinajstić information content (AvgIpc) is 2.83. The lowest BCUT2D eigenvalue weighted by molar-refractivity contribution is -0.116. The van der Waals surface area contributed by atoms with E-state index in [9.17, 15) is 9.18 Å². The molecular formula is C13H16FNO2. The van der Waals surface area contributed by atoms with Crippen molar-refractivity contribution < 1.29 is 13.9 Å². The van der Waals surface area contributed by atoms with Crippen molar-refractivity contribution in [1.29, 1.82) is 0 Å². The number of halogens is 1. The molecule has 1 fully saturated rings. The van der Waals surface area contributed by atoms with Crippen LogP contribution in [0, 0.1) is 5.82 Å². The Morgan fingerprint density at radius 2 is 2.18 bits per heavy atom. The summed E-state index contributed by atoms with van der Waals surface area (Å²) in [4.78, 5) is 11.6. The number of rotatable bonds is 4. The number of carbonyl (C=O) groups excluding carboxylic acids is 1. The molecule has 1 heterocycles. The molecule has 1 aliphatic rings. The molecule has 92 valence electrons. The Bertz CT molecular complexity index is 372. The molecule has 1 aromatic rings. The van der Waals surface area contributed by atoms with Crippen LogP contribution in [0.2, 0.25) is 0 Å². The number of anilines is 1. The molecule has 17 heavy (non-hydrogen) atoms. The maximum Gasteiger partial charge on any atom is 0.224 e. The van der Waals surface area contributed by atoms with Gasteiger partial charge in [0, 0.05) is 18.7 Å². The Kier molecular flexibility index (Phi) is 4.09. The Morgan fingerprint density at radius 1 is 1.41 bits per heavy atom. The van der Waals surface area contributed by atoms with Crippen LogP contribution in [0.4, 0.5) is 10.1 Å². The molecule has 4 heteroatoms. The molecular weight excluding hydrogens is 221 g/mol. The SMILES string of the molecule is O=C(CC[C@H]1CCCO1)Nc1ccc(F)cc1. The molecule has 0 aromatic heterocycles. The summed E-state index contributed by atoms with van der Waals surface area (Å²) in [6, 6.07) is 5.77. The quantitative estimate of drug-likeness (QED) is 0.874. The Labute approximate surface area is 100.0 Å². The van der Waals surface area contributed by atoms with E-state index in [0.717, 1.165) is 25.9 Å². The topological polar surface area (TPSA) is 38.3 Å². The standard InChI is InChI=1S/C13H16FNO2/c14-10-3-5-11(6-4-10)15-13(16)8-7-12-2-1-9-17-12/h3-6,12H,1-2,7-9H2,(H,15,16)/t12-/m1/s1. The molecule has 2 rings (SSSR count). The van der Waals surface area contributed by atoms with Gasteiger partial charge in [-0.2, -0.15) is 0 Å². The van der Waals surface area contributed by atoms with Gasteiger partial charge in [-0.25, -0.2) is 4.39 Å². The predicted octanol–water partition coefficient (Wildman–Crippen LogP) is 2.72. The van der Waals surface area contributed by atoms with Crippen LogP contribution < -0.4 is 5.32 Å². The molecule has 1 aliphatic heterocycles. The van der Waals surface area contributed by atoms with Gasteiger partial charge in [-0.15, -0.1) is 0 Å². The van der Waals surface area contributed by atoms with Crippen LogP contribution in [-0.2, 0) is 9.53 Å². The summed E-state index contributed by atoms with van der Waals surface area (Å²) in [5.41, 5.74) is 0.628. The second-order valence-electron chi connectivity index (χ2n) is 4.23. The number of nitrogens with one attached hydrogen (secondary N) is 1. The van der Waals surface area contributed by atoms with Crippen molar-refractivity contribution in [3.8, 4) is 0 Å². The summed E-state index contributed by atoms with van der Waals surface area (Å²) in [6.45, 7) is 0.810. The third kappa shape index (κ3) is 3.82. The normalized spacial score (nSPS) is 19.2. The second-order valence-corrected chi connectivity index (χ2v) is 4.23. The first-order chi connectivity index (χ1) is 8.24. The zero-order chi connectivity index (χ0) is 12.1. The van der Waals surface area contributed by atoms with Gasteiger partial charge >= 0.3 is 0 Å². The zero-order valence-corrected chi connectivity index (χ0v) is 9.62. The lowest BCUT2D eigenvalue weighted by Gasteiger charge is -2.09. The smallest absolute Gasteiger partial charge is 0.224 e. The third-order valence-electron chi connectivity index (χ3n) is 2.85. The molecule has 1 aromatic carbocycles. The van der Waals surface area contributed by atoms with Crippen LogP contribution in [0.15, 0.2) is 24.3 Å². The van der Waals surface area contributed by atoms with Crippen LogP contribution in [-0.4, -0.2) is 18.6 Å². The highest BCUT2D eigenvalue weighted by atomic mass is 19.1. The third-order valence-corrected chi connectivity index (χ3v) is 2.85. The minimum Gasteiger partial charge on any atom is -0.378 e. The maximum atomic E-state index is 12.6. The zero-order valence-electron chi connectivity index (χ0n) is 9.62. The van der Waals surface area contributed by atoms with Crippen LogP contribution in [0.1, 0.15) is 25.7 Å². The van der Waals surface area contributed by atoms with E-state index in [4.69, 9.17) is 4.74 Å². The van der Waals surface area contributed by atoms with Gasteiger partial charge in [0.15, 0.2) is 0 Å². The number of carbonyl (C=O) groups is 1. The van der Waals surface area contributed by atoms with Crippen molar-refractivity contribution in [2.24, 2.45) is 0 Å². The minimum absolute atomic E-state index is 0.0490. The maximum absolute atomic E-state index is 12.6. The van der Waals surface area contributed by atoms with Gasteiger partial charge < -0.3 is 10.1 Å². The van der Waals surface area contributed by atoms with E-state index in [1.165, 1.54) is 12.1 Å². The van der Waals surface area contributed by atoms with Crippen molar-refractivity contribution in [3.05, 3.63) is 30.1 Å². The van der Waals surface area contributed by atoms with Gasteiger partial charge in [0.1, 0.15) is 5.82 Å². The van der Waals surface area contributed by atoms with Gasteiger partial charge in [0.05, 0.1) is 6.10 Å². The average molecular weight is 237 g/mol. The summed E-state index contributed by atoms with van der Waals surface area (Å²) in [6.07, 6.45) is 3.57. The van der Waals surface area contributed by atoms with E-state index in [-0.39, 0.29) is 17.8 Å². The molecule has 0 radical (unpaired) electrons. The molecule has 1 amide bonds. The van der Waals surface area contributed by atoms with Crippen molar-refractivity contribution in [3.63, 3.8) is 0 Å². The molecule has 3 nitrogen and oxygen atoms in total. The molecule has 0 saturated carbocycles. The predicted molar refractivity (Wildman–Crippen MR) is 63.2 cm³/mol. The fourth-order valence-corrected chi connectivity index (χ4v) is 1.92. The summed E-state index contributed by atoms with van der Waals surface area (Å²) in [5.74, 6) is -0.352. The van der Waals surface area contributed by atoms with Gasteiger partial charge in [0.2, 0.25) is 5.91 Å². The van der Waals surface area contributed by atoms with E-state index >= 15 is 0 Å². The molecule has 1 N–H and O–H groups in total. The van der Waals surface area contributed by atoms with Gasteiger partial charge in [-0.05, 0) is 43.5 Å². The van der Waals surface area contributed by atoms with Gasteiger partial charge in [-0.1, -0.05) is 0 Å². The molecule has 1 atom stereocenters. The minimum atomic E-state index is -0.303. The molecule has 0 unspecified atom stereocenters. The number of hydrogen-bond acceptors (Lipinski definition) is 2. The second kappa shape index (κ2) is 5.77. The van der Waals surface area contributed by atoms with E-state index in [1.54, 1.807) is 12.1 Å². The first kappa shape index (κ1) is 12.0. The molecule has 1 saturated heterocycles. The molecule has 0 bridgehead atoms. The van der Waals surface area contributed by atoms with Crippen molar-refractivity contribution in [1.82, 2.24) is 0 Å². The van der Waals surface area contributed by atoms with Crippen molar-refractivity contribution in [2.45, 2.75) is 31.8 Å². The summed E-state index contributed by atoms with van der Waals surface area (Å²) < 4.78 is 18.1. The van der Waals surface area contributed by atoms with Crippen LogP contribution in [0.25, 0.3) is 0 Å². The highest BCUT2D eigenvalue weighted by Crippen LogP contribution is 2.17. The summed E-state index contributed by atoms with van der Waals surface area (Å²) in [7, 11) is 0. The first-order valence-corrected chi connectivity index (χ1v) is 5.91. The number of benzene rings is 1. The Balaban J connectivity index is 1.74. The monoisotopic (exact) mass is 237 g/mol. The lowest BCUT2D eigenvalue weighted by atomic mass is 10.1. The first-order valence-electron chi connectivity index (χ1n) is 5.91. The highest BCUT2D eigenvalue weighted by Gasteiger charge is 2.16. The van der Waals surface area contributed by atoms with Gasteiger partial charge in [0.25, 0.3) is 0 Å². The molecule has 0 spiro atoms. The number of hydrogen-bond donors (Lipinski definition) is 1. The fraction of sp³-hybridized carbons (Fsp3) is 0.462. The van der Waals surface area contributed by atoms with Crippen molar-refractivity contribution >= 4 is 11.6 Å². The largest absolute Gasteiger partial charge is 0.378 e. The van der Waals surface area contributed by atoms with E-state index in [2.05, 4.69) is 5.32 Å². The number of ether oxygens (including phenoxy) is 1. The number of amides is 1. The fourth-order valence-electron chi connectivity index (χ4n) is 1.92. The Hall–Kier alpha value is -1.42.